The summed E-state index contributed by atoms with van der Waals surface area (Å²) in [6.07, 6.45) is -6.37. The molecule has 3 N–H and O–H groups in total. The number of nitrogens with two attached hydrogens (primary N) is 1. The number of amidine groups is 1. The number of ether oxygens (including phenoxy) is 1. The molecule has 1 atom stereocenters. The molecule has 0 spiro atoms. The largest absolute Gasteiger partial charge is 0.480 e. The Morgan fingerprint density at radius 2 is 2.11 bits per heavy atom. The molecule has 0 radical (unpaired) electrons. The van der Waals surface area contributed by atoms with E-state index in [0.717, 1.165) is 6.92 Å². The Kier molecular flexibility index (Phi) is 4.44. The monoisotopic (exact) mass is 326 g/mol. The average Bonchev–Trinajstić information content (AvgIpc) is 2.29. The molecule has 0 aliphatic heterocycles. The van der Waals surface area contributed by atoms with E-state index in [1.165, 1.54) is 18.2 Å². The standard InChI is InChI=1S/C10H10BrF3N2O2/c1-5(10(12,13)14)18-8-3-2-6(4-7(8)11)9(15)16-17/h2-5,17H,1H3,(H2,15,16). The van der Waals surface area contributed by atoms with Crippen molar-refractivity contribution in [1.29, 1.82) is 0 Å². The molecule has 0 fully saturated rings. The molecule has 0 saturated carbocycles. The smallest absolute Gasteiger partial charge is 0.425 e. The highest BCUT2D eigenvalue weighted by Crippen LogP contribution is 2.30. The summed E-state index contributed by atoms with van der Waals surface area (Å²) < 4.78 is 42.0. The first-order chi connectivity index (χ1) is 8.25. The molecule has 0 aliphatic rings. The third-order valence-electron chi connectivity index (χ3n) is 2.10. The van der Waals surface area contributed by atoms with Crippen LogP contribution in [-0.4, -0.2) is 23.3 Å². The molecule has 1 aromatic carbocycles. The van der Waals surface area contributed by atoms with E-state index in [1.54, 1.807) is 0 Å². The first kappa shape index (κ1) is 14.6. The highest BCUT2D eigenvalue weighted by Gasteiger charge is 2.38. The highest BCUT2D eigenvalue weighted by molar-refractivity contribution is 9.10. The number of oxime groups is 1. The van der Waals surface area contributed by atoms with Crippen LogP contribution in [0.3, 0.4) is 0 Å². The second-order valence-electron chi connectivity index (χ2n) is 3.43. The fourth-order valence-electron chi connectivity index (χ4n) is 1.07. The minimum absolute atomic E-state index is 0.0225. The molecular weight excluding hydrogens is 317 g/mol. The average molecular weight is 327 g/mol. The normalized spacial score (nSPS) is 14.4. The lowest BCUT2D eigenvalue weighted by Crippen LogP contribution is -2.31. The van der Waals surface area contributed by atoms with Crippen molar-refractivity contribution < 1.29 is 23.1 Å². The maximum absolute atomic E-state index is 12.3. The van der Waals surface area contributed by atoms with Crippen LogP contribution in [0.15, 0.2) is 27.8 Å². The summed E-state index contributed by atoms with van der Waals surface area (Å²) in [6.45, 7) is 0.907. The molecule has 8 heteroatoms. The number of hydrogen-bond acceptors (Lipinski definition) is 3. The molecule has 0 saturated heterocycles. The molecule has 18 heavy (non-hydrogen) atoms. The zero-order valence-electron chi connectivity index (χ0n) is 9.20. The lowest BCUT2D eigenvalue weighted by Gasteiger charge is -2.18. The summed E-state index contributed by atoms with van der Waals surface area (Å²) in [7, 11) is 0. The van der Waals surface area contributed by atoms with E-state index in [2.05, 4.69) is 21.1 Å². The van der Waals surface area contributed by atoms with Gasteiger partial charge in [-0.05, 0) is 41.1 Å². The van der Waals surface area contributed by atoms with Crippen molar-refractivity contribution in [2.45, 2.75) is 19.2 Å². The first-order valence-corrected chi connectivity index (χ1v) is 5.56. The van der Waals surface area contributed by atoms with Crippen LogP contribution in [0.5, 0.6) is 5.75 Å². The number of halogens is 4. The van der Waals surface area contributed by atoms with Gasteiger partial charge in [-0.25, -0.2) is 0 Å². The summed E-state index contributed by atoms with van der Waals surface area (Å²) in [5, 5.41) is 11.3. The molecule has 4 nitrogen and oxygen atoms in total. The molecule has 0 heterocycles. The van der Waals surface area contributed by atoms with Crippen LogP contribution in [0.2, 0.25) is 0 Å². The van der Waals surface area contributed by atoms with Crippen LogP contribution < -0.4 is 10.5 Å². The van der Waals surface area contributed by atoms with Gasteiger partial charge in [0.2, 0.25) is 0 Å². The lowest BCUT2D eigenvalue weighted by atomic mass is 10.2. The third-order valence-corrected chi connectivity index (χ3v) is 2.72. The van der Waals surface area contributed by atoms with Gasteiger partial charge in [0.05, 0.1) is 4.47 Å². The quantitative estimate of drug-likeness (QED) is 0.388. The maximum atomic E-state index is 12.3. The van der Waals surface area contributed by atoms with Crippen LogP contribution in [-0.2, 0) is 0 Å². The summed E-state index contributed by atoms with van der Waals surface area (Å²) >= 11 is 3.06. The third kappa shape index (κ3) is 3.52. The fraction of sp³-hybridized carbons (Fsp3) is 0.300. The van der Waals surface area contributed by atoms with Gasteiger partial charge >= 0.3 is 6.18 Å². The van der Waals surface area contributed by atoms with E-state index < -0.39 is 12.3 Å². The zero-order valence-corrected chi connectivity index (χ0v) is 10.8. The number of nitrogens with zero attached hydrogens (tertiary/aromatic N) is 1. The molecule has 100 valence electrons. The van der Waals surface area contributed by atoms with Gasteiger partial charge in [-0.1, -0.05) is 5.16 Å². The minimum Gasteiger partial charge on any atom is -0.480 e. The van der Waals surface area contributed by atoms with Gasteiger partial charge in [-0.2, -0.15) is 13.2 Å². The Bertz CT molecular complexity index is 463. The summed E-state index contributed by atoms with van der Waals surface area (Å²) in [4.78, 5) is 0. The van der Waals surface area contributed by atoms with E-state index in [1.807, 2.05) is 0 Å². The maximum Gasteiger partial charge on any atom is 0.425 e. The van der Waals surface area contributed by atoms with Gasteiger partial charge in [-0.15, -0.1) is 0 Å². The van der Waals surface area contributed by atoms with Crippen LogP contribution in [0, 0.1) is 0 Å². The van der Waals surface area contributed by atoms with Gasteiger partial charge in [0.25, 0.3) is 0 Å². The minimum atomic E-state index is -4.44. The SMILES string of the molecule is CC(Oc1ccc(/C(N)=N/O)cc1Br)C(F)(F)F. The predicted octanol–water partition coefficient (Wildman–Crippen LogP) is 2.87. The Morgan fingerprint density at radius 3 is 2.56 bits per heavy atom. The van der Waals surface area contributed by atoms with Gasteiger partial charge in [0.1, 0.15) is 5.75 Å². The van der Waals surface area contributed by atoms with Crippen LogP contribution in [0.4, 0.5) is 13.2 Å². The van der Waals surface area contributed by atoms with E-state index in [9.17, 15) is 13.2 Å². The Balaban J connectivity index is 2.94. The highest BCUT2D eigenvalue weighted by atomic mass is 79.9. The van der Waals surface area contributed by atoms with Crippen LogP contribution in [0.1, 0.15) is 12.5 Å². The van der Waals surface area contributed by atoms with Gasteiger partial charge in [0, 0.05) is 5.56 Å². The molecule has 1 unspecified atom stereocenters. The molecule has 0 aliphatic carbocycles. The number of hydrogen-bond donors (Lipinski definition) is 2. The van der Waals surface area contributed by atoms with E-state index in [0.29, 0.717) is 5.56 Å². The fourth-order valence-corrected chi connectivity index (χ4v) is 1.54. The second-order valence-corrected chi connectivity index (χ2v) is 4.29. The van der Waals surface area contributed by atoms with Crippen molar-refractivity contribution in [3.63, 3.8) is 0 Å². The first-order valence-electron chi connectivity index (χ1n) is 4.76. The van der Waals surface area contributed by atoms with Crippen molar-refractivity contribution in [2.24, 2.45) is 10.9 Å². The van der Waals surface area contributed by atoms with Crippen molar-refractivity contribution in [2.75, 3.05) is 0 Å². The Morgan fingerprint density at radius 1 is 1.50 bits per heavy atom. The van der Waals surface area contributed by atoms with Gasteiger partial charge in [-0.3, -0.25) is 0 Å². The number of benzene rings is 1. The van der Waals surface area contributed by atoms with Gasteiger partial charge < -0.3 is 15.7 Å². The predicted molar refractivity (Wildman–Crippen MR) is 62.8 cm³/mol. The van der Waals surface area contributed by atoms with Crippen molar-refractivity contribution in [1.82, 2.24) is 0 Å². The van der Waals surface area contributed by atoms with E-state index in [4.69, 9.17) is 15.7 Å². The summed E-state index contributed by atoms with van der Waals surface area (Å²) in [5.74, 6) is -0.125. The second kappa shape index (κ2) is 5.47. The molecule has 0 aromatic heterocycles. The lowest BCUT2D eigenvalue weighted by molar-refractivity contribution is -0.189. The van der Waals surface area contributed by atoms with Gasteiger partial charge in [0.15, 0.2) is 11.9 Å². The molecular formula is C10H10BrF3N2O2. The van der Waals surface area contributed by atoms with Crippen molar-refractivity contribution >= 4 is 21.8 Å². The Hall–Kier alpha value is -1.44. The molecule has 1 rings (SSSR count). The molecule has 0 amide bonds. The van der Waals surface area contributed by atoms with Crippen LogP contribution >= 0.6 is 15.9 Å². The number of alkyl halides is 3. The zero-order chi connectivity index (χ0) is 13.9. The topological polar surface area (TPSA) is 67.8 Å². The summed E-state index contributed by atoms with van der Waals surface area (Å²) in [5.41, 5.74) is 5.70. The summed E-state index contributed by atoms with van der Waals surface area (Å²) in [6, 6.07) is 4.09. The van der Waals surface area contributed by atoms with Crippen LogP contribution in [0.25, 0.3) is 0 Å². The Labute approximate surface area is 109 Å². The van der Waals surface area contributed by atoms with E-state index >= 15 is 0 Å². The number of rotatable bonds is 3. The molecule has 1 aromatic rings. The van der Waals surface area contributed by atoms with E-state index in [-0.39, 0.29) is 16.1 Å². The van der Waals surface area contributed by atoms with Crippen molar-refractivity contribution in [3.8, 4) is 5.75 Å². The van der Waals surface area contributed by atoms with Crippen molar-refractivity contribution in [3.05, 3.63) is 28.2 Å². The molecule has 0 bridgehead atoms.